The van der Waals surface area contributed by atoms with E-state index in [1.165, 1.54) is 12.8 Å². The second kappa shape index (κ2) is 9.97. The van der Waals surface area contributed by atoms with Crippen LogP contribution in [0.4, 0.5) is 17.5 Å². The molecule has 0 atom stereocenters. The third-order valence-electron chi connectivity index (χ3n) is 7.88. The first kappa shape index (κ1) is 24.2. The fraction of sp³-hybridized carbons (Fsp3) is 0.500. The van der Waals surface area contributed by atoms with Crippen LogP contribution in [0, 0.1) is 11.3 Å². The Balaban J connectivity index is 1.25. The van der Waals surface area contributed by atoms with Crippen LogP contribution in [-0.4, -0.2) is 77.7 Å². The van der Waals surface area contributed by atoms with E-state index in [0.29, 0.717) is 64.2 Å². The fourth-order valence-corrected chi connectivity index (χ4v) is 8.16. The van der Waals surface area contributed by atoms with E-state index < -0.39 is 7.14 Å². The molecular weight excluding hydrogens is 489 g/mol. The molecule has 1 aromatic carbocycles. The van der Waals surface area contributed by atoms with E-state index in [1.54, 1.807) is 13.3 Å². The van der Waals surface area contributed by atoms with Gasteiger partial charge in [-0.25, -0.2) is 0 Å². The van der Waals surface area contributed by atoms with Crippen LogP contribution in [0.3, 0.4) is 0 Å². The minimum Gasteiger partial charge on any atom is -0.495 e. The lowest BCUT2D eigenvalue weighted by Gasteiger charge is -2.41. The van der Waals surface area contributed by atoms with Gasteiger partial charge in [0.15, 0.2) is 0 Å². The number of ether oxygens (including phenoxy) is 2. The average Bonchev–Trinajstić information content (AvgIpc) is 3.54. The van der Waals surface area contributed by atoms with Gasteiger partial charge in [-0.15, -0.1) is 0 Å². The molecule has 3 aliphatic rings. The molecule has 10 nitrogen and oxygen atoms in total. The van der Waals surface area contributed by atoms with Gasteiger partial charge in [0.2, 0.25) is 5.95 Å². The first-order chi connectivity index (χ1) is 18.1. The molecule has 0 amide bonds. The van der Waals surface area contributed by atoms with Crippen LogP contribution in [0.25, 0.3) is 11.0 Å². The van der Waals surface area contributed by atoms with Gasteiger partial charge in [-0.05, 0) is 31.0 Å². The lowest BCUT2D eigenvalue weighted by molar-refractivity contribution is -0.0620. The van der Waals surface area contributed by atoms with E-state index in [2.05, 4.69) is 31.6 Å². The Bertz CT molecular complexity index is 1380. The van der Waals surface area contributed by atoms with Gasteiger partial charge in [-0.3, -0.25) is 4.90 Å². The highest BCUT2D eigenvalue weighted by Gasteiger charge is 2.35. The maximum atomic E-state index is 13.8. The van der Waals surface area contributed by atoms with E-state index in [0.717, 1.165) is 44.4 Å². The summed E-state index contributed by atoms with van der Waals surface area (Å²) < 4.78 is 24.9. The first-order valence-electron chi connectivity index (χ1n) is 13.0. The molecule has 3 N–H and O–H groups in total. The maximum Gasteiger partial charge on any atom is 0.231 e. The average molecular weight is 522 g/mol. The van der Waals surface area contributed by atoms with E-state index in [-0.39, 0.29) is 0 Å². The van der Waals surface area contributed by atoms with E-state index in [4.69, 9.17) is 14.5 Å². The molecule has 2 saturated heterocycles. The summed E-state index contributed by atoms with van der Waals surface area (Å²) in [7, 11) is -0.885. The second-order valence-corrected chi connectivity index (χ2v) is 13.3. The molecule has 3 aromatic rings. The number of fused-ring (bicyclic) bond motifs is 1. The van der Waals surface area contributed by atoms with E-state index in [1.807, 2.05) is 18.2 Å². The Labute approximate surface area is 216 Å². The molecule has 2 aliphatic heterocycles. The third kappa shape index (κ3) is 4.68. The molecule has 1 aliphatic carbocycles. The van der Waals surface area contributed by atoms with Crippen molar-refractivity contribution < 1.29 is 14.0 Å². The number of nitriles is 1. The molecule has 37 heavy (non-hydrogen) atoms. The van der Waals surface area contributed by atoms with Gasteiger partial charge in [0.1, 0.15) is 30.4 Å². The summed E-state index contributed by atoms with van der Waals surface area (Å²) in [5.74, 6) is 1.65. The van der Waals surface area contributed by atoms with Gasteiger partial charge in [0.25, 0.3) is 0 Å². The minimum atomic E-state index is -2.50. The number of H-pyrrole nitrogens is 1. The van der Waals surface area contributed by atoms with Crippen LogP contribution in [0.1, 0.15) is 31.2 Å². The van der Waals surface area contributed by atoms with Crippen LogP contribution < -0.4 is 20.7 Å². The Morgan fingerprint density at radius 2 is 2.00 bits per heavy atom. The zero-order valence-corrected chi connectivity index (χ0v) is 21.9. The molecule has 2 aromatic heterocycles. The summed E-state index contributed by atoms with van der Waals surface area (Å²) in [6, 6.07) is 8.77. The predicted molar refractivity (Wildman–Crippen MR) is 144 cm³/mol. The minimum absolute atomic E-state index is 0.335. The molecule has 4 heterocycles. The Hall–Kier alpha value is -3.12. The second-order valence-electron chi connectivity index (χ2n) is 10.1. The van der Waals surface area contributed by atoms with Gasteiger partial charge in [-0.1, -0.05) is 12.8 Å². The summed E-state index contributed by atoms with van der Waals surface area (Å²) in [5, 5.41) is 18.0. The zero-order valence-electron chi connectivity index (χ0n) is 21.0. The standard InChI is InChI=1S/C26H32N7O3P/c1-35-22-12-20(37(34)10-8-33(9-11-37)19-15-36-16-19)6-7-21(22)30-26-31-24-23(17(13-27)14-28-24)25(32-26)29-18-4-2-3-5-18/h6-7,12,14,18-19H,2-5,8-11,15-16H2,1H3,(H3,28,29,30,31,32). The highest BCUT2D eigenvalue weighted by atomic mass is 31.2. The van der Waals surface area contributed by atoms with Crippen molar-refractivity contribution in [2.45, 2.75) is 37.8 Å². The number of hydrogen-bond acceptors (Lipinski definition) is 9. The number of benzene rings is 1. The number of nitrogens with one attached hydrogen (secondary N) is 3. The summed E-state index contributed by atoms with van der Waals surface area (Å²) >= 11 is 0. The molecule has 6 rings (SSSR count). The lowest BCUT2D eigenvalue weighted by atomic mass is 10.2. The molecule has 0 spiro atoms. The lowest BCUT2D eigenvalue weighted by Crippen LogP contribution is -2.52. The predicted octanol–water partition coefficient (Wildman–Crippen LogP) is 3.64. The summed E-state index contributed by atoms with van der Waals surface area (Å²) in [6.45, 7) is 3.23. The summed E-state index contributed by atoms with van der Waals surface area (Å²) in [6.07, 6.45) is 7.56. The van der Waals surface area contributed by atoms with E-state index in [9.17, 15) is 9.83 Å². The molecule has 1 saturated carbocycles. The van der Waals surface area contributed by atoms with Crippen molar-refractivity contribution in [2.75, 3.05) is 56.4 Å². The van der Waals surface area contributed by atoms with E-state index >= 15 is 0 Å². The number of rotatable bonds is 7. The molecule has 194 valence electrons. The molecule has 0 unspecified atom stereocenters. The van der Waals surface area contributed by atoms with Gasteiger partial charge < -0.3 is 29.7 Å². The van der Waals surface area contributed by atoms with Gasteiger partial charge in [0, 0.05) is 43.0 Å². The zero-order chi connectivity index (χ0) is 25.4. The van der Waals surface area contributed by atoms with Crippen LogP contribution in [0.15, 0.2) is 24.4 Å². The number of aromatic nitrogens is 3. The molecule has 0 radical (unpaired) electrons. The number of methoxy groups -OCH3 is 1. The van der Waals surface area contributed by atoms with Crippen molar-refractivity contribution in [1.82, 2.24) is 19.9 Å². The van der Waals surface area contributed by atoms with Crippen LogP contribution in [0.2, 0.25) is 0 Å². The monoisotopic (exact) mass is 521 g/mol. The number of aromatic amines is 1. The van der Waals surface area contributed by atoms with Gasteiger partial charge in [-0.2, -0.15) is 15.2 Å². The largest absolute Gasteiger partial charge is 0.495 e. The van der Waals surface area contributed by atoms with Crippen LogP contribution >= 0.6 is 7.14 Å². The van der Waals surface area contributed by atoms with Crippen LogP contribution in [0.5, 0.6) is 5.75 Å². The number of nitrogens with zero attached hydrogens (tertiary/aromatic N) is 4. The van der Waals surface area contributed by atoms with Crippen LogP contribution in [-0.2, 0) is 9.30 Å². The number of hydrogen-bond donors (Lipinski definition) is 3. The summed E-state index contributed by atoms with van der Waals surface area (Å²) in [4.78, 5) is 14.9. The number of anilines is 3. The molecule has 11 heteroatoms. The van der Waals surface area contributed by atoms with Crippen molar-refractivity contribution in [3.8, 4) is 11.8 Å². The quantitative estimate of drug-likeness (QED) is 0.399. The normalized spacial score (nSPS) is 20.4. The van der Waals surface area contributed by atoms with Crippen molar-refractivity contribution in [3.63, 3.8) is 0 Å². The van der Waals surface area contributed by atoms with Crippen molar-refractivity contribution in [2.24, 2.45) is 0 Å². The first-order valence-corrected chi connectivity index (χ1v) is 15.1. The highest BCUT2D eigenvalue weighted by Crippen LogP contribution is 2.48. The highest BCUT2D eigenvalue weighted by molar-refractivity contribution is 7.71. The van der Waals surface area contributed by atoms with Gasteiger partial charge >= 0.3 is 0 Å². The SMILES string of the molecule is COc1cc(P2(=O)CCN(C3COC3)CC2)ccc1Nc1nc(NC2CCCC2)c2c(C#N)c[nH]c2n1. The molecule has 0 bridgehead atoms. The fourth-order valence-electron chi connectivity index (χ4n) is 5.56. The smallest absolute Gasteiger partial charge is 0.231 e. The van der Waals surface area contributed by atoms with Crippen molar-refractivity contribution in [1.29, 1.82) is 5.26 Å². The van der Waals surface area contributed by atoms with Crippen molar-refractivity contribution >= 4 is 40.9 Å². The molecular formula is C26H32N7O3P. The Kier molecular flexibility index (Phi) is 6.53. The summed E-state index contributed by atoms with van der Waals surface area (Å²) in [5.41, 5.74) is 1.81. The molecule has 3 fully saturated rings. The maximum absolute atomic E-state index is 13.8. The topological polar surface area (TPSA) is 128 Å². The van der Waals surface area contributed by atoms with Crippen molar-refractivity contribution in [3.05, 3.63) is 30.0 Å². The Morgan fingerprint density at radius 3 is 2.68 bits per heavy atom. The third-order valence-corrected chi connectivity index (χ3v) is 10.9. The Morgan fingerprint density at radius 1 is 1.22 bits per heavy atom. The van der Waals surface area contributed by atoms with Gasteiger partial charge in [0.05, 0.1) is 43.0 Å².